The number of carbonyl (C=O) groups excluding carboxylic acids is 2. The van der Waals surface area contributed by atoms with Gasteiger partial charge in [0.25, 0.3) is 5.91 Å². The summed E-state index contributed by atoms with van der Waals surface area (Å²) >= 11 is 0. The molecule has 0 unspecified atom stereocenters. The molecule has 26 heavy (non-hydrogen) atoms. The lowest BCUT2D eigenvalue weighted by Crippen LogP contribution is -2.29. The fourth-order valence-corrected chi connectivity index (χ4v) is 3.40. The molecule has 3 rings (SSSR count). The first-order valence-corrected chi connectivity index (χ1v) is 8.94. The molecule has 0 aliphatic heterocycles. The van der Waals surface area contributed by atoms with Gasteiger partial charge < -0.3 is 16.2 Å². The van der Waals surface area contributed by atoms with Crippen molar-refractivity contribution >= 4 is 17.4 Å². The van der Waals surface area contributed by atoms with Crippen LogP contribution in [0.1, 0.15) is 53.3 Å². The van der Waals surface area contributed by atoms with E-state index in [2.05, 4.69) is 5.32 Å². The van der Waals surface area contributed by atoms with Gasteiger partial charge in [-0.15, -0.1) is 0 Å². The van der Waals surface area contributed by atoms with Crippen LogP contribution in [0.15, 0.2) is 42.5 Å². The van der Waals surface area contributed by atoms with Gasteiger partial charge >= 0.3 is 0 Å². The lowest BCUT2D eigenvalue weighted by atomic mass is 9.92. The minimum atomic E-state index is -0.471. The summed E-state index contributed by atoms with van der Waals surface area (Å²) in [4.78, 5) is 23.2. The van der Waals surface area contributed by atoms with E-state index >= 15 is 0 Å². The van der Waals surface area contributed by atoms with E-state index in [9.17, 15) is 14.7 Å². The number of amides is 1. The molecule has 0 spiro atoms. The zero-order valence-corrected chi connectivity index (χ0v) is 14.9. The van der Waals surface area contributed by atoms with Crippen molar-refractivity contribution in [1.29, 1.82) is 0 Å². The number of primary amides is 1. The van der Waals surface area contributed by atoms with E-state index in [1.54, 1.807) is 25.1 Å². The molecule has 136 valence electrons. The predicted molar refractivity (Wildman–Crippen MR) is 102 cm³/mol. The molecule has 0 aromatic heterocycles. The second-order valence-corrected chi connectivity index (χ2v) is 6.91. The summed E-state index contributed by atoms with van der Waals surface area (Å²) in [6.07, 6.45) is 3.01. The number of Topliss-reactive ketones (excluding diaryl/α,β-unsaturated/α-hetero) is 1. The third-order valence-electron chi connectivity index (χ3n) is 4.97. The Morgan fingerprint density at radius 2 is 1.62 bits per heavy atom. The second-order valence-electron chi connectivity index (χ2n) is 6.91. The average Bonchev–Trinajstić information content (AvgIpc) is 2.63. The van der Waals surface area contributed by atoms with E-state index in [0.717, 1.165) is 36.8 Å². The van der Waals surface area contributed by atoms with Crippen molar-refractivity contribution in [2.24, 2.45) is 5.73 Å². The summed E-state index contributed by atoms with van der Waals surface area (Å²) in [5.74, 6) is -0.440. The average molecular weight is 352 g/mol. The molecule has 5 nitrogen and oxygen atoms in total. The molecular weight excluding hydrogens is 328 g/mol. The van der Waals surface area contributed by atoms with Crippen LogP contribution in [-0.4, -0.2) is 28.9 Å². The van der Waals surface area contributed by atoms with Crippen molar-refractivity contribution in [1.82, 2.24) is 0 Å². The third kappa shape index (κ3) is 4.11. The van der Waals surface area contributed by atoms with Crippen molar-refractivity contribution in [2.75, 3.05) is 5.32 Å². The number of aliphatic hydroxyl groups excluding tert-OH is 1. The minimum absolute atomic E-state index is 0.0301. The van der Waals surface area contributed by atoms with E-state index < -0.39 is 5.91 Å². The maximum Gasteiger partial charge on any atom is 0.250 e. The molecule has 2 aromatic carbocycles. The largest absolute Gasteiger partial charge is 0.393 e. The van der Waals surface area contributed by atoms with Crippen LogP contribution in [0.25, 0.3) is 11.1 Å². The Morgan fingerprint density at radius 1 is 1.00 bits per heavy atom. The number of nitrogens with two attached hydrogens (primary N) is 1. The summed E-state index contributed by atoms with van der Waals surface area (Å²) in [6, 6.07) is 13.1. The zero-order valence-electron chi connectivity index (χ0n) is 14.9. The molecule has 2 aromatic rings. The van der Waals surface area contributed by atoms with Gasteiger partial charge in [-0.25, -0.2) is 0 Å². The monoisotopic (exact) mass is 352 g/mol. The van der Waals surface area contributed by atoms with Crippen molar-refractivity contribution in [3.05, 3.63) is 53.6 Å². The summed E-state index contributed by atoms with van der Waals surface area (Å²) in [5, 5.41) is 13.1. The van der Waals surface area contributed by atoms with Gasteiger partial charge in [0, 0.05) is 17.3 Å². The van der Waals surface area contributed by atoms with E-state index in [1.165, 1.54) is 0 Å². The van der Waals surface area contributed by atoms with Crippen molar-refractivity contribution < 1.29 is 14.7 Å². The van der Waals surface area contributed by atoms with Crippen LogP contribution >= 0.6 is 0 Å². The topological polar surface area (TPSA) is 92.4 Å². The van der Waals surface area contributed by atoms with Crippen LogP contribution in [0.4, 0.5) is 5.69 Å². The number of carbonyl (C=O) groups is 2. The van der Waals surface area contributed by atoms with Gasteiger partial charge in [0.1, 0.15) is 0 Å². The van der Waals surface area contributed by atoms with Gasteiger partial charge in [-0.3, -0.25) is 9.59 Å². The van der Waals surface area contributed by atoms with E-state index in [-0.39, 0.29) is 17.9 Å². The first-order chi connectivity index (χ1) is 12.4. The molecule has 1 aliphatic carbocycles. The second kappa shape index (κ2) is 7.70. The van der Waals surface area contributed by atoms with Crippen molar-refractivity contribution in [2.45, 2.75) is 44.8 Å². The van der Waals surface area contributed by atoms with E-state index in [0.29, 0.717) is 16.8 Å². The zero-order chi connectivity index (χ0) is 18.7. The van der Waals surface area contributed by atoms with Crippen LogP contribution < -0.4 is 11.1 Å². The van der Waals surface area contributed by atoms with Crippen LogP contribution in [0.2, 0.25) is 0 Å². The van der Waals surface area contributed by atoms with Crippen LogP contribution in [0.5, 0.6) is 0 Å². The molecule has 0 bridgehead atoms. The molecule has 1 amide bonds. The Morgan fingerprint density at radius 3 is 2.19 bits per heavy atom. The molecule has 1 fully saturated rings. The summed E-state index contributed by atoms with van der Waals surface area (Å²) in [7, 11) is 0. The van der Waals surface area contributed by atoms with Gasteiger partial charge in [0.15, 0.2) is 5.78 Å². The standard InChI is InChI=1S/C21H24N2O3/c1-13(24)14-2-4-15(5-3-14)16-6-11-19(21(22)26)20(12-16)23-17-7-9-18(25)10-8-17/h2-6,11-12,17-18,23,25H,7-10H2,1H3,(H2,22,26). The first kappa shape index (κ1) is 18.1. The number of nitrogens with one attached hydrogen (secondary N) is 1. The van der Waals surface area contributed by atoms with E-state index in [4.69, 9.17) is 5.73 Å². The molecule has 0 heterocycles. The molecular formula is C21H24N2O3. The first-order valence-electron chi connectivity index (χ1n) is 8.94. The van der Waals surface area contributed by atoms with Crippen molar-refractivity contribution in [3.8, 4) is 11.1 Å². The molecule has 1 aliphatic rings. The number of benzene rings is 2. The normalized spacial score (nSPS) is 19.8. The van der Waals surface area contributed by atoms with Gasteiger partial charge in [0.2, 0.25) is 0 Å². The molecule has 0 saturated heterocycles. The smallest absolute Gasteiger partial charge is 0.250 e. The Balaban J connectivity index is 1.88. The van der Waals surface area contributed by atoms with Crippen LogP contribution in [0, 0.1) is 0 Å². The van der Waals surface area contributed by atoms with Crippen LogP contribution in [-0.2, 0) is 0 Å². The SMILES string of the molecule is CC(=O)c1ccc(-c2ccc(C(N)=O)c(NC3CCC(O)CC3)c2)cc1. The quantitative estimate of drug-likeness (QED) is 0.719. The van der Waals surface area contributed by atoms with Crippen molar-refractivity contribution in [3.63, 3.8) is 0 Å². The van der Waals surface area contributed by atoms with Gasteiger partial charge in [-0.2, -0.15) is 0 Å². The molecule has 0 atom stereocenters. The number of aliphatic hydroxyl groups is 1. The maximum absolute atomic E-state index is 11.8. The fourth-order valence-electron chi connectivity index (χ4n) is 3.40. The maximum atomic E-state index is 11.8. The molecule has 4 N–H and O–H groups in total. The highest BCUT2D eigenvalue weighted by molar-refractivity contribution is 5.99. The highest BCUT2D eigenvalue weighted by Gasteiger charge is 2.21. The lowest BCUT2D eigenvalue weighted by molar-refractivity contribution is 0.0996. The van der Waals surface area contributed by atoms with Gasteiger partial charge in [0.05, 0.1) is 11.7 Å². The number of hydrogen-bond donors (Lipinski definition) is 3. The summed E-state index contributed by atoms with van der Waals surface area (Å²) in [5.41, 5.74) is 9.28. The Kier molecular flexibility index (Phi) is 5.38. The number of anilines is 1. The Labute approximate surface area is 153 Å². The van der Waals surface area contributed by atoms with Gasteiger partial charge in [-0.05, 0) is 55.9 Å². The number of hydrogen-bond acceptors (Lipinski definition) is 4. The molecule has 1 saturated carbocycles. The predicted octanol–water partition coefficient (Wildman–Crippen LogP) is 3.37. The minimum Gasteiger partial charge on any atom is -0.393 e. The number of rotatable bonds is 5. The number of ketones is 1. The molecule has 0 radical (unpaired) electrons. The van der Waals surface area contributed by atoms with Crippen LogP contribution in [0.3, 0.4) is 0 Å². The third-order valence-corrected chi connectivity index (χ3v) is 4.97. The highest BCUT2D eigenvalue weighted by Crippen LogP contribution is 2.29. The Bertz CT molecular complexity index is 807. The summed E-state index contributed by atoms with van der Waals surface area (Å²) in [6.45, 7) is 1.54. The molecule has 5 heteroatoms. The summed E-state index contributed by atoms with van der Waals surface area (Å²) < 4.78 is 0. The highest BCUT2D eigenvalue weighted by atomic mass is 16.3. The van der Waals surface area contributed by atoms with E-state index in [1.807, 2.05) is 24.3 Å². The Hall–Kier alpha value is -2.66. The lowest BCUT2D eigenvalue weighted by Gasteiger charge is -2.28. The fraction of sp³-hybridized carbons (Fsp3) is 0.333. The van der Waals surface area contributed by atoms with Gasteiger partial charge in [-0.1, -0.05) is 30.3 Å².